The Morgan fingerprint density at radius 2 is 0.894 bits per heavy atom. The normalized spacial score (nSPS) is 16.3. The first kappa shape index (κ1) is 26.5. The lowest BCUT2D eigenvalue weighted by Gasteiger charge is -2.34. The van der Waals surface area contributed by atoms with Gasteiger partial charge in [0.1, 0.15) is 0 Å². The van der Waals surface area contributed by atoms with E-state index in [-0.39, 0.29) is 5.41 Å². The SMILES string of the molecule is c1ccc(-c2ccc3c(c2)CC2Cc4cc(-c5ccc6c(c5)C(c5ccccc5)(c5ccccc5)c5ccccc5-6)ccc4N32)cc1. The van der Waals surface area contributed by atoms with Gasteiger partial charge in [0.15, 0.2) is 0 Å². The summed E-state index contributed by atoms with van der Waals surface area (Å²) in [7, 11) is 0. The second-order valence-corrected chi connectivity index (χ2v) is 13.3. The molecule has 2 heterocycles. The van der Waals surface area contributed by atoms with Crippen molar-refractivity contribution < 1.29 is 0 Å². The van der Waals surface area contributed by atoms with Gasteiger partial charge in [-0.05, 0) is 110 Å². The van der Waals surface area contributed by atoms with Crippen LogP contribution < -0.4 is 4.90 Å². The van der Waals surface area contributed by atoms with Crippen LogP contribution in [0.2, 0.25) is 0 Å². The minimum Gasteiger partial charge on any atom is -0.337 e. The molecule has 0 saturated heterocycles. The summed E-state index contributed by atoms with van der Waals surface area (Å²) in [6.07, 6.45) is 2.17. The summed E-state index contributed by atoms with van der Waals surface area (Å²) in [5.41, 5.74) is 18.4. The summed E-state index contributed by atoms with van der Waals surface area (Å²) in [6, 6.07) is 63.8. The Hall–Kier alpha value is -5.66. The molecule has 0 saturated carbocycles. The van der Waals surface area contributed by atoms with Gasteiger partial charge in [0.25, 0.3) is 0 Å². The predicted molar refractivity (Wildman–Crippen MR) is 194 cm³/mol. The molecule has 222 valence electrons. The van der Waals surface area contributed by atoms with Crippen LogP contribution in [0.25, 0.3) is 33.4 Å². The van der Waals surface area contributed by atoms with E-state index in [0.29, 0.717) is 6.04 Å². The highest BCUT2D eigenvalue weighted by atomic mass is 15.2. The molecule has 1 nitrogen and oxygen atoms in total. The van der Waals surface area contributed by atoms with Gasteiger partial charge in [0.2, 0.25) is 0 Å². The summed E-state index contributed by atoms with van der Waals surface area (Å²) < 4.78 is 0. The van der Waals surface area contributed by atoms with E-state index in [1.54, 1.807) is 0 Å². The molecular formula is C46H33N. The molecule has 1 unspecified atom stereocenters. The molecule has 0 bridgehead atoms. The zero-order valence-corrected chi connectivity index (χ0v) is 26.1. The maximum atomic E-state index is 2.60. The largest absolute Gasteiger partial charge is 0.337 e. The number of anilines is 2. The van der Waals surface area contributed by atoms with Crippen molar-refractivity contribution in [3.8, 4) is 33.4 Å². The molecule has 3 aliphatic rings. The molecule has 0 amide bonds. The molecule has 2 aliphatic heterocycles. The van der Waals surface area contributed by atoms with Gasteiger partial charge in [-0.15, -0.1) is 0 Å². The van der Waals surface area contributed by atoms with Gasteiger partial charge in [0.05, 0.1) is 5.41 Å². The number of hydrogen-bond acceptors (Lipinski definition) is 1. The lowest BCUT2D eigenvalue weighted by Crippen LogP contribution is -2.28. The zero-order chi connectivity index (χ0) is 31.0. The van der Waals surface area contributed by atoms with Gasteiger partial charge in [-0.1, -0.05) is 140 Å². The van der Waals surface area contributed by atoms with Crippen LogP contribution in [0.3, 0.4) is 0 Å². The Bertz CT molecular complexity index is 2260. The van der Waals surface area contributed by atoms with Crippen molar-refractivity contribution >= 4 is 11.4 Å². The van der Waals surface area contributed by atoms with E-state index in [0.717, 1.165) is 12.8 Å². The van der Waals surface area contributed by atoms with Crippen LogP contribution in [0.5, 0.6) is 0 Å². The molecule has 7 aromatic rings. The summed E-state index contributed by atoms with van der Waals surface area (Å²) in [4.78, 5) is 2.60. The quantitative estimate of drug-likeness (QED) is 0.195. The van der Waals surface area contributed by atoms with Gasteiger partial charge in [0, 0.05) is 17.4 Å². The monoisotopic (exact) mass is 599 g/mol. The van der Waals surface area contributed by atoms with E-state index < -0.39 is 0 Å². The standard InChI is InChI=1S/C46H33N/c1-4-12-31(13-5-1)32-21-24-44-35(26-32)28-39-29-36-27-33(22-25-45(36)47(39)44)34-20-23-41-40-18-10-11-19-42(40)46(43(41)30-34,37-14-6-2-7-15-37)38-16-8-3-9-17-38/h1-27,30,39H,28-29H2. The van der Waals surface area contributed by atoms with Crippen molar-refractivity contribution in [2.24, 2.45) is 0 Å². The van der Waals surface area contributed by atoms with Crippen molar-refractivity contribution in [1.29, 1.82) is 0 Å². The Morgan fingerprint density at radius 3 is 1.53 bits per heavy atom. The van der Waals surface area contributed by atoms with E-state index in [1.165, 1.54) is 78.1 Å². The minimum absolute atomic E-state index is 0.383. The third-order valence-corrected chi connectivity index (χ3v) is 10.9. The Labute approximate surface area is 276 Å². The number of benzene rings is 7. The van der Waals surface area contributed by atoms with Crippen LogP contribution in [0.4, 0.5) is 11.4 Å². The second-order valence-electron chi connectivity index (χ2n) is 13.3. The summed E-state index contributed by atoms with van der Waals surface area (Å²) in [5, 5.41) is 0. The van der Waals surface area contributed by atoms with Crippen molar-refractivity contribution in [3.63, 3.8) is 0 Å². The first-order valence-corrected chi connectivity index (χ1v) is 16.8. The van der Waals surface area contributed by atoms with Crippen LogP contribution in [-0.4, -0.2) is 6.04 Å². The van der Waals surface area contributed by atoms with Crippen LogP contribution >= 0.6 is 0 Å². The molecule has 0 spiro atoms. The third kappa shape index (κ3) is 3.84. The van der Waals surface area contributed by atoms with Crippen LogP contribution in [0.1, 0.15) is 33.4 Å². The number of rotatable bonds is 4. The molecule has 1 aliphatic carbocycles. The molecule has 1 atom stereocenters. The lowest BCUT2D eigenvalue weighted by atomic mass is 9.67. The first-order chi connectivity index (χ1) is 23.3. The Balaban J connectivity index is 1.08. The topological polar surface area (TPSA) is 3.24 Å². The maximum Gasteiger partial charge on any atom is 0.0713 e. The third-order valence-electron chi connectivity index (χ3n) is 10.9. The summed E-state index contributed by atoms with van der Waals surface area (Å²) >= 11 is 0. The molecule has 10 rings (SSSR count). The van der Waals surface area contributed by atoms with E-state index in [1.807, 2.05) is 0 Å². The van der Waals surface area contributed by atoms with Gasteiger partial charge >= 0.3 is 0 Å². The molecule has 0 aromatic heterocycles. The van der Waals surface area contributed by atoms with E-state index in [9.17, 15) is 0 Å². The van der Waals surface area contributed by atoms with Gasteiger partial charge in [-0.3, -0.25) is 0 Å². The number of fused-ring (bicyclic) bond motifs is 8. The fraction of sp³-hybridized carbons (Fsp3) is 0.0870. The maximum absolute atomic E-state index is 2.60. The average molecular weight is 600 g/mol. The molecular weight excluding hydrogens is 567 g/mol. The molecule has 1 heteroatoms. The predicted octanol–water partition coefficient (Wildman–Crippen LogP) is 11.0. The fourth-order valence-electron chi connectivity index (χ4n) is 8.87. The lowest BCUT2D eigenvalue weighted by molar-refractivity contribution is 0.725. The highest BCUT2D eigenvalue weighted by Gasteiger charge is 2.46. The summed E-state index contributed by atoms with van der Waals surface area (Å²) in [6.45, 7) is 0. The van der Waals surface area contributed by atoms with Crippen LogP contribution in [-0.2, 0) is 18.3 Å². The highest BCUT2D eigenvalue weighted by Crippen LogP contribution is 2.57. The Morgan fingerprint density at radius 1 is 0.404 bits per heavy atom. The van der Waals surface area contributed by atoms with Crippen molar-refractivity contribution in [2.45, 2.75) is 24.3 Å². The molecule has 7 aromatic carbocycles. The van der Waals surface area contributed by atoms with Gasteiger partial charge in [-0.2, -0.15) is 0 Å². The zero-order valence-electron chi connectivity index (χ0n) is 26.1. The average Bonchev–Trinajstić information content (AvgIpc) is 3.78. The highest BCUT2D eigenvalue weighted by molar-refractivity contribution is 5.89. The first-order valence-electron chi connectivity index (χ1n) is 16.8. The smallest absolute Gasteiger partial charge is 0.0713 e. The molecule has 47 heavy (non-hydrogen) atoms. The van der Waals surface area contributed by atoms with Gasteiger partial charge < -0.3 is 4.90 Å². The number of nitrogens with zero attached hydrogens (tertiary/aromatic N) is 1. The molecule has 0 fully saturated rings. The second kappa shape index (κ2) is 10.2. The number of hydrogen-bond donors (Lipinski definition) is 0. The minimum atomic E-state index is -0.383. The van der Waals surface area contributed by atoms with E-state index in [2.05, 4.69) is 175 Å². The van der Waals surface area contributed by atoms with Crippen molar-refractivity contribution in [1.82, 2.24) is 0 Å². The summed E-state index contributed by atoms with van der Waals surface area (Å²) in [5.74, 6) is 0. The molecule has 0 N–H and O–H groups in total. The van der Waals surface area contributed by atoms with Crippen molar-refractivity contribution in [2.75, 3.05) is 4.90 Å². The van der Waals surface area contributed by atoms with Crippen LogP contribution in [0.15, 0.2) is 170 Å². The molecule has 0 radical (unpaired) electrons. The fourth-order valence-corrected chi connectivity index (χ4v) is 8.87. The van der Waals surface area contributed by atoms with Crippen molar-refractivity contribution in [3.05, 3.63) is 203 Å². The Kier molecular flexibility index (Phi) is 5.75. The van der Waals surface area contributed by atoms with E-state index >= 15 is 0 Å². The van der Waals surface area contributed by atoms with Gasteiger partial charge in [-0.25, -0.2) is 0 Å². The van der Waals surface area contributed by atoms with E-state index in [4.69, 9.17) is 0 Å². The van der Waals surface area contributed by atoms with Crippen LogP contribution in [0, 0.1) is 0 Å².